The highest BCUT2D eigenvalue weighted by atomic mass is 19.4. The molecule has 0 radical (unpaired) electrons. The summed E-state index contributed by atoms with van der Waals surface area (Å²) in [5.41, 5.74) is -1.51. The number of rotatable bonds is 8. The topological polar surface area (TPSA) is 109 Å². The van der Waals surface area contributed by atoms with E-state index in [-0.39, 0.29) is 29.6 Å². The van der Waals surface area contributed by atoms with Crippen molar-refractivity contribution in [3.05, 3.63) is 106 Å². The van der Waals surface area contributed by atoms with Gasteiger partial charge in [0.25, 0.3) is 11.6 Å². The van der Waals surface area contributed by atoms with Crippen LogP contribution in [0.3, 0.4) is 0 Å². The molecular weight excluding hydrogens is 500 g/mol. The zero-order valence-corrected chi connectivity index (χ0v) is 18.6. The van der Waals surface area contributed by atoms with Gasteiger partial charge >= 0.3 is 6.18 Å². The summed E-state index contributed by atoms with van der Waals surface area (Å²) in [4.78, 5) is 23.2. The van der Waals surface area contributed by atoms with Crippen molar-refractivity contribution in [2.24, 2.45) is 0 Å². The molecule has 0 spiro atoms. The molecule has 4 rings (SSSR count). The van der Waals surface area contributed by atoms with Gasteiger partial charge in [0.1, 0.15) is 23.1 Å². The molecule has 0 saturated carbocycles. The van der Waals surface area contributed by atoms with Crippen LogP contribution < -0.4 is 14.8 Å². The van der Waals surface area contributed by atoms with Gasteiger partial charge in [-0.15, -0.1) is 0 Å². The first-order chi connectivity index (χ1) is 17.6. The van der Waals surface area contributed by atoms with Crippen LogP contribution in [0.5, 0.6) is 17.2 Å². The zero-order valence-electron chi connectivity index (χ0n) is 18.6. The van der Waals surface area contributed by atoms with Crippen LogP contribution in [-0.4, -0.2) is 20.6 Å². The molecule has 0 fully saturated rings. The molecule has 1 amide bonds. The maximum Gasteiger partial charge on any atom is 0.416 e. The Bertz CT molecular complexity index is 1440. The second-order valence-corrected chi connectivity index (χ2v) is 7.52. The molecule has 0 saturated heterocycles. The smallest absolute Gasteiger partial charge is 0.416 e. The van der Waals surface area contributed by atoms with E-state index in [0.29, 0.717) is 5.75 Å². The van der Waals surface area contributed by atoms with Gasteiger partial charge in [0.2, 0.25) is 0 Å². The lowest BCUT2D eigenvalue weighted by molar-refractivity contribution is -0.384. The number of hydrogen-bond acceptors (Lipinski definition) is 6. The van der Waals surface area contributed by atoms with Crippen LogP contribution in [0.1, 0.15) is 16.1 Å². The molecule has 0 unspecified atom stereocenters. The van der Waals surface area contributed by atoms with Crippen molar-refractivity contribution in [2.45, 2.75) is 12.9 Å². The Hall–Kier alpha value is -4.94. The maximum absolute atomic E-state index is 13.0. The fourth-order valence-corrected chi connectivity index (χ4v) is 3.11. The number of carbonyl (C=O) groups excluding carboxylic acids is 1. The van der Waals surface area contributed by atoms with E-state index < -0.39 is 34.1 Å². The standard InChI is InChI=1S/C24H16F4N4O5/c25-16-4-6-19(7-5-16)36-14-31-9-8-22(30-31)23(33)29-17-11-18(32(34)35)13-21(12-17)37-20-3-1-2-15(10-20)24(26,27)28/h1-13H,14H2,(H,29,33). The monoisotopic (exact) mass is 516 g/mol. The molecule has 37 heavy (non-hydrogen) atoms. The van der Waals surface area contributed by atoms with Gasteiger partial charge in [0, 0.05) is 18.3 Å². The molecule has 3 aromatic carbocycles. The Morgan fingerprint density at radius 3 is 2.46 bits per heavy atom. The predicted octanol–water partition coefficient (Wildman–Crippen LogP) is 6.03. The van der Waals surface area contributed by atoms with Crippen LogP contribution in [0.2, 0.25) is 0 Å². The first-order valence-electron chi connectivity index (χ1n) is 10.4. The molecule has 4 aromatic rings. The summed E-state index contributed by atoms with van der Waals surface area (Å²) in [7, 11) is 0. The van der Waals surface area contributed by atoms with E-state index in [0.717, 1.165) is 30.3 Å². The molecule has 9 nitrogen and oxygen atoms in total. The normalized spacial score (nSPS) is 11.1. The number of carbonyl (C=O) groups is 1. The van der Waals surface area contributed by atoms with Crippen molar-refractivity contribution in [1.29, 1.82) is 0 Å². The van der Waals surface area contributed by atoms with Gasteiger partial charge in [-0.2, -0.15) is 18.3 Å². The number of aromatic nitrogens is 2. The van der Waals surface area contributed by atoms with Crippen molar-refractivity contribution >= 4 is 17.3 Å². The third-order valence-corrected chi connectivity index (χ3v) is 4.81. The lowest BCUT2D eigenvalue weighted by Gasteiger charge is -2.11. The molecule has 1 N–H and O–H groups in total. The second-order valence-electron chi connectivity index (χ2n) is 7.52. The molecule has 13 heteroatoms. The fourth-order valence-electron chi connectivity index (χ4n) is 3.11. The van der Waals surface area contributed by atoms with Gasteiger partial charge in [-0.1, -0.05) is 6.07 Å². The van der Waals surface area contributed by atoms with Crippen molar-refractivity contribution in [2.75, 3.05) is 5.32 Å². The van der Waals surface area contributed by atoms with Gasteiger partial charge in [-0.25, -0.2) is 9.07 Å². The lowest BCUT2D eigenvalue weighted by Crippen LogP contribution is -2.14. The summed E-state index contributed by atoms with van der Waals surface area (Å²) >= 11 is 0. The summed E-state index contributed by atoms with van der Waals surface area (Å²) in [5, 5.41) is 17.8. The summed E-state index contributed by atoms with van der Waals surface area (Å²) in [6, 6.07) is 14.0. The van der Waals surface area contributed by atoms with Crippen LogP contribution >= 0.6 is 0 Å². The minimum Gasteiger partial charge on any atom is -0.471 e. The number of non-ortho nitro benzene ring substituents is 1. The Labute approximate surface area is 206 Å². The largest absolute Gasteiger partial charge is 0.471 e. The van der Waals surface area contributed by atoms with Gasteiger partial charge in [-0.05, 0) is 48.5 Å². The first-order valence-corrected chi connectivity index (χ1v) is 10.4. The zero-order chi connectivity index (χ0) is 26.6. The predicted molar refractivity (Wildman–Crippen MR) is 122 cm³/mol. The van der Waals surface area contributed by atoms with E-state index in [4.69, 9.17) is 9.47 Å². The number of amides is 1. The van der Waals surface area contributed by atoms with Gasteiger partial charge in [0.15, 0.2) is 12.4 Å². The molecule has 0 aliphatic rings. The van der Waals surface area contributed by atoms with E-state index in [1.54, 1.807) is 0 Å². The quantitative estimate of drug-likeness (QED) is 0.174. The second kappa shape index (κ2) is 10.4. The highest BCUT2D eigenvalue weighted by molar-refractivity contribution is 6.03. The first kappa shape index (κ1) is 25.2. The molecule has 0 atom stereocenters. The highest BCUT2D eigenvalue weighted by Crippen LogP contribution is 2.34. The third-order valence-electron chi connectivity index (χ3n) is 4.81. The minimum atomic E-state index is -4.60. The highest BCUT2D eigenvalue weighted by Gasteiger charge is 2.30. The van der Waals surface area contributed by atoms with Crippen LogP contribution in [0.25, 0.3) is 0 Å². The molecule has 0 aliphatic carbocycles. The van der Waals surface area contributed by atoms with Crippen LogP contribution in [0.4, 0.5) is 28.9 Å². The average Bonchev–Trinajstić information content (AvgIpc) is 3.32. The Morgan fingerprint density at radius 2 is 1.76 bits per heavy atom. The summed E-state index contributed by atoms with van der Waals surface area (Å²) in [6.07, 6.45) is -3.15. The van der Waals surface area contributed by atoms with Crippen LogP contribution in [0.15, 0.2) is 79.0 Å². The van der Waals surface area contributed by atoms with Crippen LogP contribution in [-0.2, 0) is 12.9 Å². The van der Waals surface area contributed by atoms with E-state index in [1.165, 1.54) is 53.3 Å². The number of halogens is 4. The number of alkyl halides is 3. The van der Waals surface area contributed by atoms with Gasteiger partial charge in [-0.3, -0.25) is 14.9 Å². The summed E-state index contributed by atoms with van der Waals surface area (Å²) < 4.78 is 64.0. The number of nitrogens with zero attached hydrogens (tertiary/aromatic N) is 3. The van der Waals surface area contributed by atoms with E-state index in [9.17, 15) is 32.5 Å². The average molecular weight is 516 g/mol. The van der Waals surface area contributed by atoms with E-state index >= 15 is 0 Å². The van der Waals surface area contributed by atoms with Crippen molar-refractivity contribution in [3.8, 4) is 17.2 Å². The number of nitro benzene ring substituents is 1. The summed E-state index contributed by atoms with van der Waals surface area (Å²) in [5.74, 6) is -1.12. The number of benzene rings is 3. The molecule has 0 aliphatic heterocycles. The van der Waals surface area contributed by atoms with E-state index in [1.807, 2.05) is 0 Å². The summed E-state index contributed by atoms with van der Waals surface area (Å²) in [6.45, 7) is -0.0787. The molecule has 1 heterocycles. The molecule has 1 aromatic heterocycles. The number of nitro groups is 1. The number of hydrogen-bond donors (Lipinski definition) is 1. The Kier molecular flexibility index (Phi) is 7.04. The minimum absolute atomic E-state index is 0.0433. The number of anilines is 1. The molecule has 190 valence electrons. The van der Waals surface area contributed by atoms with Gasteiger partial charge < -0.3 is 14.8 Å². The fraction of sp³-hybridized carbons (Fsp3) is 0.0833. The van der Waals surface area contributed by atoms with Crippen molar-refractivity contribution in [3.63, 3.8) is 0 Å². The maximum atomic E-state index is 13.0. The van der Waals surface area contributed by atoms with Crippen molar-refractivity contribution in [1.82, 2.24) is 9.78 Å². The van der Waals surface area contributed by atoms with E-state index in [2.05, 4.69) is 10.4 Å². The van der Waals surface area contributed by atoms with Crippen LogP contribution in [0, 0.1) is 15.9 Å². The number of nitrogens with one attached hydrogen (secondary N) is 1. The number of ether oxygens (including phenoxy) is 2. The molecule has 0 bridgehead atoms. The van der Waals surface area contributed by atoms with Crippen molar-refractivity contribution < 1.29 is 36.8 Å². The molecular formula is C24H16F4N4O5. The SMILES string of the molecule is O=C(Nc1cc(Oc2cccc(C(F)(F)F)c2)cc([N+](=O)[O-])c1)c1ccn(COc2ccc(F)cc2)n1. The lowest BCUT2D eigenvalue weighted by atomic mass is 10.2. The third kappa shape index (κ3) is 6.60. The Balaban J connectivity index is 1.47. The van der Waals surface area contributed by atoms with Gasteiger partial charge in [0.05, 0.1) is 22.2 Å². The Morgan fingerprint density at radius 1 is 1.00 bits per heavy atom.